The molecule has 0 amide bonds. The first-order valence-corrected chi connectivity index (χ1v) is 3.46. The van der Waals surface area contributed by atoms with Crippen molar-refractivity contribution in [1.82, 2.24) is 0 Å². The van der Waals surface area contributed by atoms with Gasteiger partial charge in [0.15, 0.2) is 0 Å². The van der Waals surface area contributed by atoms with Crippen LogP contribution in [-0.4, -0.2) is 23.9 Å². The summed E-state index contributed by atoms with van der Waals surface area (Å²) in [7, 11) is 0. The minimum Gasteiger partial charge on any atom is -0.393 e. The van der Waals surface area contributed by atoms with Crippen LogP contribution in [0.3, 0.4) is 0 Å². The fourth-order valence-corrected chi connectivity index (χ4v) is 0.0962. The molecule has 9 heavy (non-hydrogen) atoms. The molecule has 1 fully saturated rings. The Labute approximate surface area is 56.8 Å². The van der Waals surface area contributed by atoms with Gasteiger partial charge in [0.05, 0.1) is 18.8 Å². The van der Waals surface area contributed by atoms with E-state index in [1.54, 1.807) is 6.92 Å². The van der Waals surface area contributed by atoms with Gasteiger partial charge in [0.2, 0.25) is 0 Å². The zero-order valence-electron chi connectivity index (χ0n) is 6.42. The fourth-order valence-electron chi connectivity index (χ4n) is 0.0962. The third kappa shape index (κ3) is 11.5. The van der Waals surface area contributed by atoms with Crippen LogP contribution in [0.15, 0.2) is 0 Å². The Kier molecular flexibility index (Phi) is 4.72. The number of hydrogen-bond acceptors (Lipinski definition) is 2. The predicted octanol–water partition coefficient (Wildman–Crippen LogP) is 1.18. The van der Waals surface area contributed by atoms with Crippen LogP contribution in [0, 0.1) is 0 Å². The first-order chi connectivity index (χ1) is 4.16. The minimum atomic E-state index is -0.116. The number of hydrogen-bond donors (Lipinski definition) is 1. The number of aliphatic hydroxyl groups excluding tert-OH is 1. The summed E-state index contributed by atoms with van der Waals surface area (Å²) in [6.45, 7) is 6.77. The Morgan fingerprint density at radius 1 is 1.78 bits per heavy atom. The second-order valence-electron chi connectivity index (χ2n) is 2.40. The van der Waals surface area contributed by atoms with Crippen LogP contribution in [0.4, 0.5) is 0 Å². The zero-order valence-corrected chi connectivity index (χ0v) is 6.42. The highest BCUT2D eigenvalue weighted by Crippen LogP contribution is 2.04. The molecule has 0 aromatic rings. The summed E-state index contributed by atoms with van der Waals surface area (Å²) in [4.78, 5) is 0. The van der Waals surface area contributed by atoms with Crippen LogP contribution in [0.5, 0.6) is 0 Å². The van der Waals surface area contributed by atoms with E-state index in [4.69, 9.17) is 9.84 Å². The molecule has 2 atom stereocenters. The molecule has 2 unspecified atom stereocenters. The van der Waals surface area contributed by atoms with E-state index in [1.165, 1.54) is 0 Å². The number of epoxide rings is 1. The monoisotopic (exact) mass is 132 g/mol. The standard InChI is InChI=1S/C4H10O.C3H6O/c1-3-4(2)5;1-3-2-4-3/h4-5H,3H2,1-2H3;3H,2H2,1H3. The first kappa shape index (κ1) is 8.92. The molecule has 56 valence electrons. The predicted molar refractivity (Wildman–Crippen MR) is 37.4 cm³/mol. The summed E-state index contributed by atoms with van der Waals surface area (Å²) in [5.41, 5.74) is 0. The maximum atomic E-state index is 8.36. The van der Waals surface area contributed by atoms with Crippen molar-refractivity contribution in [2.24, 2.45) is 0 Å². The van der Waals surface area contributed by atoms with E-state index >= 15 is 0 Å². The quantitative estimate of drug-likeness (QED) is 0.543. The molecule has 0 bridgehead atoms. The van der Waals surface area contributed by atoms with Gasteiger partial charge in [0.1, 0.15) is 0 Å². The number of rotatable bonds is 1. The second-order valence-corrected chi connectivity index (χ2v) is 2.40. The van der Waals surface area contributed by atoms with E-state index in [0.717, 1.165) is 13.0 Å². The van der Waals surface area contributed by atoms with Crippen LogP contribution < -0.4 is 0 Å². The smallest absolute Gasteiger partial charge is 0.0781 e. The molecule has 1 N–H and O–H groups in total. The van der Waals surface area contributed by atoms with Crippen molar-refractivity contribution in [2.75, 3.05) is 6.61 Å². The van der Waals surface area contributed by atoms with E-state index in [2.05, 4.69) is 6.92 Å². The molecule has 2 heteroatoms. The maximum Gasteiger partial charge on any atom is 0.0781 e. The molecule has 0 saturated carbocycles. The molecule has 2 nitrogen and oxygen atoms in total. The van der Waals surface area contributed by atoms with Gasteiger partial charge in [-0.1, -0.05) is 6.92 Å². The summed E-state index contributed by atoms with van der Waals surface area (Å²) in [5.74, 6) is 0. The Morgan fingerprint density at radius 3 is 2.00 bits per heavy atom. The Hall–Kier alpha value is -0.0800. The molecule has 1 rings (SSSR count). The molecule has 0 radical (unpaired) electrons. The molecule has 0 aromatic heterocycles. The van der Waals surface area contributed by atoms with Gasteiger partial charge in [-0.3, -0.25) is 0 Å². The van der Waals surface area contributed by atoms with Gasteiger partial charge < -0.3 is 9.84 Å². The van der Waals surface area contributed by atoms with Gasteiger partial charge in [-0.15, -0.1) is 0 Å². The minimum absolute atomic E-state index is 0.116. The lowest BCUT2D eigenvalue weighted by molar-refractivity contribution is 0.191. The zero-order chi connectivity index (χ0) is 7.28. The lowest BCUT2D eigenvalue weighted by Crippen LogP contribution is -1.93. The van der Waals surface area contributed by atoms with Gasteiger partial charge in [-0.2, -0.15) is 0 Å². The summed E-state index contributed by atoms with van der Waals surface area (Å²) < 4.78 is 4.71. The molecule has 0 spiro atoms. The Balaban J connectivity index is 0.000000144. The van der Waals surface area contributed by atoms with Crippen LogP contribution in [0.25, 0.3) is 0 Å². The molecule has 1 heterocycles. The molecule has 1 saturated heterocycles. The van der Waals surface area contributed by atoms with Gasteiger partial charge in [0, 0.05) is 0 Å². The molecule has 1 aliphatic rings. The van der Waals surface area contributed by atoms with Crippen molar-refractivity contribution >= 4 is 0 Å². The van der Waals surface area contributed by atoms with Gasteiger partial charge >= 0.3 is 0 Å². The van der Waals surface area contributed by atoms with Crippen molar-refractivity contribution in [1.29, 1.82) is 0 Å². The Bertz CT molecular complexity index is 57.9. The molecule has 1 aliphatic heterocycles. The van der Waals surface area contributed by atoms with E-state index in [0.29, 0.717) is 6.10 Å². The first-order valence-electron chi connectivity index (χ1n) is 3.46. The third-order valence-corrected chi connectivity index (χ3v) is 1.09. The summed E-state index contributed by atoms with van der Waals surface area (Å²) in [6.07, 6.45) is 1.33. The lowest BCUT2D eigenvalue weighted by Gasteiger charge is -1.90. The van der Waals surface area contributed by atoms with Crippen molar-refractivity contribution in [3.8, 4) is 0 Å². The van der Waals surface area contributed by atoms with E-state index in [9.17, 15) is 0 Å². The van der Waals surface area contributed by atoms with Crippen molar-refractivity contribution < 1.29 is 9.84 Å². The van der Waals surface area contributed by atoms with Gasteiger partial charge in [0.25, 0.3) is 0 Å². The lowest BCUT2D eigenvalue weighted by atomic mass is 10.3. The van der Waals surface area contributed by atoms with Gasteiger partial charge in [-0.05, 0) is 20.3 Å². The Morgan fingerprint density at radius 2 is 2.00 bits per heavy atom. The van der Waals surface area contributed by atoms with Crippen LogP contribution >= 0.6 is 0 Å². The van der Waals surface area contributed by atoms with E-state index in [-0.39, 0.29) is 6.10 Å². The second kappa shape index (κ2) is 4.77. The topological polar surface area (TPSA) is 32.8 Å². The molecule has 0 aromatic carbocycles. The maximum absolute atomic E-state index is 8.36. The third-order valence-electron chi connectivity index (χ3n) is 1.09. The van der Waals surface area contributed by atoms with Crippen LogP contribution in [0.2, 0.25) is 0 Å². The van der Waals surface area contributed by atoms with Crippen molar-refractivity contribution in [3.05, 3.63) is 0 Å². The fraction of sp³-hybridized carbons (Fsp3) is 1.00. The van der Waals surface area contributed by atoms with Gasteiger partial charge in [-0.25, -0.2) is 0 Å². The number of aliphatic hydroxyl groups is 1. The normalized spacial score (nSPS) is 26.0. The average molecular weight is 132 g/mol. The highest BCUT2D eigenvalue weighted by atomic mass is 16.6. The average Bonchev–Trinajstić information content (AvgIpc) is 2.53. The van der Waals surface area contributed by atoms with E-state index < -0.39 is 0 Å². The molecular weight excluding hydrogens is 116 g/mol. The highest BCUT2D eigenvalue weighted by molar-refractivity contribution is 4.58. The SMILES string of the molecule is CC1CO1.CCC(C)O. The van der Waals surface area contributed by atoms with Crippen LogP contribution in [0.1, 0.15) is 27.2 Å². The largest absolute Gasteiger partial charge is 0.393 e. The number of ether oxygens (including phenoxy) is 1. The molecule has 0 aliphatic carbocycles. The van der Waals surface area contributed by atoms with Crippen molar-refractivity contribution in [2.45, 2.75) is 39.4 Å². The summed E-state index contributed by atoms with van der Waals surface area (Å²) >= 11 is 0. The van der Waals surface area contributed by atoms with Crippen LogP contribution in [-0.2, 0) is 4.74 Å². The highest BCUT2D eigenvalue weighted by Gasteiger charge is 2.13. The molecular formula is C7H16O2. The summed E-state index contributed by atoms with van der Waals surface area (Å²) in [6, 6.07) is 0. The van der Waals surface area contributed by atoms with E-state index in [1.807, 2.05) is 6.92 Å². The van der Waals surface area contributed by atoms with Crippen molar-refractivity contribution in [3.63, 3.8) is 0 Å². The summed E-state index contributed by atoms with van der Waals surface area (Å²) in [5, 5.41) is 8.36.